The van der Waals surface area contributed by atoms with E-state index in [4.69, 9.17) is 21.1 Å². The molecule has 0 aliphatic rings. The van der Waals surface area contributed by atoms with E-state index in [0.29, 0.717) is 17.1 Å². The number of rotatable bonds is 6. The smallest absolute Gasteiger partial charge is 0.411 e. The van der Waals surface area contributed by atoms with E-state index >= 15 is 0 Å². The topological polar surface area (TPSA) is 27.7 Å². The molecular weight excluding hydrogens is 285 g/mol. The third kappa shape index (κ3) is 5.16. The van der Waals surface area contributed by atoms with Crippen LogP contribution in [0.15, 0.2) is 18.2 Å². The Balaban J connectivity index is 2.68. The van der Waals surface area contributed by atoms with Gasteiger partial charge in [0.1, 0.15) is 18.1 Å². The van der Waals surface area contributed by atoms with Crippen molar-refractivity contribution in [2.75, 3.05) is 27.4 Å². The van der Waals surface area contributed by atoms with Gasteiger partial charge in [0.05, 0.1) is 26.2 Å². The molecule has 0 saturated heterocycles. The summed E-state index contributed by atoms with van der Waals surface area (Å²) >= 11 is 6.00. The molecule has 0 spiro atoms. The zero-order valence-corrected chi connectivity index (χ0v) is 11.2. The van der Waals surface area contributed by atoms with E-state index < -0.39 is 18.2 Å². The summed E-state index contributed by atoms with van der Waals surface area (Å²) in [6, 6.07) is 4.89. The highest BCUT2D eigenvalue weighted by Gasteiger charge is 2.28. The lowest BCUT2D eigenvalue weighted by Crippen LogP contribution is -2.18. The van der Waals surface area contributed by atoms with Crippen LogP contribution in [0.1, 0.15) is 10.9 Å². The fraction of sp³-hybridized carbons (Fsp3) is 0.500. The Labute approximate surface area is 114 Å². The molecule has 0 aliphatic heterocycles. The molecule has 1 aromatic rings. The zero-order chi connectivity index (χ0) is 14.5. The molecule has 0 fully saturated rings. The fourth-order valence-corrected chi connectivity index (χ4v) is 1.71. The SMILES string of the molecule is COc1ccc(C(Cl)COCC(F)(F)F)c(OC)c1. The third-order valence-electron chi connectivity index (χ3n) is 2.31. The van der Waals surface area contributed by atoms with Gasteiger partial charge in [-0.25, -0.2) is 0 Å². The van der Waals surface area contributed by atoms with Gasteiger partial charge in [0.25, 0.3) is 0 Å². The summed E-state index contributed by atoms with van der Waals surface area (Å²) in [5.74, 6) is 1.01. The highest BCUT2D eigenvalue weighted by molar-refractivity contribution is 6.21. The van der Waals surface area contributed by atoms with Crippen LogP contribution in [0.25, 0.3) is 0 Å². The van der Waals surface area contributed by atoms with Crippen LogP contribution in [0.3, 0.4) is 0 Å². The van der Waals surface area contributed by atoms with Gasteiger partial charge in [-0.15, -0.1) is 11.6 Å². The number of halogens is 4. The van der Waals surface area contributed by atoms with Gasteiger partial charge in [0.15, 0.2) is 0 Å². The summed E-state index contributed by atoms with van der Waals surface area (Å²) in [7, 11) is 2.94. The Morgan fingerprint density at radius 3 is 2.42 bits per heavy atom. The zero-order valence-electron chi connectivity index (χ0n) is 10.5. The molecule has 108 valence electrons. The van der Waals surface area contributed by atoms with Crippen molar-refractivity contribution in [3.05, 3.63) is 23.8 Å². The maximum absolute atomic E-state index is 11.9. The van der Waals surface area contributed by atoms with E-state index in [-0.39, 0.29) is 6.61 Å². The number of hydrogen-bond acceptors (Lipinski definition) is 3. The minimum atomic E-state index is -4.36. The Kier molecular flexibility index (Phi) is 5.75. The van der Waals surface area contributed by atoms with Crippen molar-refractivity contribution in [3.63, 3.8) is 0 Å². The Morgan fingerprint density at radius 2 is 1.89 bits per heavy atom. The van der Waals surface area contributed by atoms with Crippen molar-refractivity contribution in [2.24, 2.45) is 0 Å². The van der Waals surface area contributed by atoms with Crippen LogP contribution < -0.4 is 9.47 Å². The molecule has 1 atom stereocenters. The molecule has 0 aromatic heterocycles. The van der Waals surface area contributed by atoms with Gasteiger partial charge in [-0.1, -0.05) is 6.07 Å². The molecule has 0 aliphatic carbocycles. The van der Waals surface area contributed by atoms with Crippen molar-refractivity contribution < 1.29 is 27.4 Å². The first-order chi connectivity index (χ1) is 8.87. The van der Waals surface area contributed by atoms with Gasteiger partial charge >= 0.3 is 6.18 Å². The average Bonchev–Trinajstić information content (AvgIpc) is 2.36. The van der Waals surface area contributed by atoms with Crippen LogP contribution in [0.2, 0.25) is 0 Å². The lowest BCUT2D eigenvalue weighted by Gasteiger charge is -2.15. The first-order valence-corrected chi connectivity index (χ1v) is 5.81. The quantitative estimate of drug-likeness (QED) is 0.752. The molecule has 0 amide bonds. The summed E-state index contributed by atoms with van der Waals surface area (Å²) in [6.45, 7) is -1.58. The first-order valence-electron chi connectivity index (χ1n) is 5.38. The average molecular weight is 299 g/mol. The normalized spacial score (nSPS) is 13.2. The van der Waals surface area contributed by atoms with Crippen LogP contribution in [0, 0.1) is 0 Å². The summed E-state index contributed by atoms with van der Waals surface area (Å²) < 4.78 is 50.5. The molecule has 0 bridgehead atoms. The second-order valence-corrected chi connectivity index (χ2v) is 4.23. The summed E-state index contributed by atoms with van der Waals surface area (Å²) in [4.78, 5) is 0. The van der Waals surface area contributed by atoms with Crippen molar-refractivity contribution in [2.45, 2.75) is 11.6 Å². The highest BCUT2D eigenvalue weighted by Crippen LogP contribution is 2.33. The summed E-state index contributed by atoms with van der Waals surface area (Å²) in [6.07, 6.45) is -4.36. The van der Waals surface area contributed by atoms with E-state index in [9.17, 15) is 13.2 Å². The largest absolute Gasteiger partial charge is 0.497 e. The predicted molar refractivity (Wildman–Crippen MR) is 65.0 cm³/mol. The fourth-order valence-electron chi connectivity index (χ4n) is 1.45. The number of ether oxygens (including phenoxy) is 3. The molecule has 0 N–H and O–H groups in total. The number of benzene rings is 1. The minimum Gasteiger partial charge on any atom is -0.497 e. The van der Waals surface area contributed by atoms with Crippen LogP contribution in [0.5, 0.6) is 11.5 Å². The standard InChI is InChI=1S/C12H14ClF3O3/c1-17-8-3-4-9(11(5-8)18-2)10(13)6-19-7-12(14,15)16/h3-5,10H,6-7H2,1-2H3. The van der Waals surface area contributed by atoms with Gasteiger partial charge in [0, 0.05) is 11.6 Å². The summed E-state index contributed by atoms with van der Waals surface area (Å²) in [5, 5.41) is -0.733. The lowest BCUT2D eigenvalue weighted by atomic mass is 10.1. The Bertz CT molecular complexity index is 410. The number of hydrogen-bond donors (Lipinski definition) is 0. The second kappa shape index (κ2) is 6.86. The third-order valence-corrected chi connectivity index (χ3v) is 2.67. The van der Waals surface area contributed by atoms with Crippen LogP contribution in [-0.2, 0) is 4.74 Å². The molecule has 7 heteroatoms. The van der Waals surface area contributed by atoms with Crippen molar-refractivity contribution in [3.8, 4) is 11.5 Å². The van der Waals surface area contributed by atoms with Crippen molar-refractivity contribution in [1.82, 2.24) is 0 Å². The van der Waals surface area contributed by atoms with Crippen LogP contribution in [0.4, 0.5) is 13.2 Å². The highest BCUT2D eigenvalue weighted by atomic mass is 35.5. The van der Waals surface area contributed by atoms with E-state index in [1.165, 1.54) is 14.2 Å². The molecule has 0 saturated carbocycles. The maximum Gasteiger partial charge on any atom is 0.411 e. The number of alkyl halides is 4. The molecule has 19 heavy (non-hydrogen) atoms. The van der Waals surface area contributed by atoms with Gasteiger partial charge in [-0.3, -0.25) is 0 Å². The molecule has 1 rings (SSSR count). The van der Waals surface area contributed by atoms with E-state index in [0.717, 1.165) is 0 Å². The number of methoxy groups -OCH3 is 2. The first kappa shape index (κ1) is 15.9. The van der Waals surface area contributed by atoms with Gasteiger partial charge in [0.2, 0.25) is 0 Å². The van der Waals surface area contributed by atoms with Gasteiger partial charge < -0.3 is 14.2 Å². The predicted octanol–water partition coefficient (Wildman–Crippen LogP) is 3.56. The van der Waals surface area contributed by atoms with Gasteiger partial charge in [-0.2, -0.15) is 13.2 Å². The molecule has 1 unspecified atom stereocenters. The summed E-state index contributed by atoms with van der Waals surface area (Å²) in [5.41, 5.74) is 0.548. The van der Waals surface area contributed by atoms with Crippen molar-refractivity contribution >= 4 is 11.6 Å². The molecule has 1 aromatic carbocycles. The minimum absolute atomic E-state index is 0.260. The molecule has 0 heterocycles. The van der Waals surface area contributed by atoms with Crippen LogP contribution in [-0.4, -0.2) is 33.6 Å². The molecular formula is C12H14ClF3O3. The second-order valence-electron chi connectivity index (χ2n) is 3.71. The van der Waals surface area contributed by atoms with Crippen molar-refractivity contribution in [1.29, 1.82) is 0 Å². The monoisotopic (exact) mass is 298 g/mol. The molecule has 0 radical (unpaired) electrons. The maximum atomic E-state index is 11.9. The van der Waals surface area contributed by atoms with Gasteiger partial charge in [-0.05, 0) is 6.07 Å². The van der Waals surface area contributed by atoms with E-state index in [1.54, 1.807) is 18.2 Å². The van der Waals surface area contributed by atoms with E-state index in [1.807, 2.05) is 0 Å². The Morgan fingerprint density at radius 1 is 1.21 bits per heavy atom. The van der Waals surface area contributed by atoms with E-state index in [2.05, 4.69) is 4.74 Å². The molecule has 3 nitrogen and oxygen atoms in total. The lowest BCUT2D eigenvalue weighted by molar-refractivity contribution is -0.173. The Hall–Kier alpha value is -1.14. The van der Waals surface area contributed by atoms with Crippen LogP contribution >= 0.6 is 11.6 Å².